The predicted octanol–water partition coefficient (Wildman–Crippen LogP) is 22.4. The van der Waals surface area contributed by atoms with Crippen LogP contribution in [0.15, 0.2) is 224 Å². The molecule has 0 saturated heterocycles. The van der Waals surface area contributed by atoms with Crippen molar-refractivity contribution in [3.63, 3.8) is 0 Å². The maximum Gasteiger partial charge on any atom is 0.268 e. The van der Waals surface area contributed by atoms with Gasteiger partial charge in [-0.1, -0.05) is 255 Å². The van der Waals surface area contributed by atoms with Crippen LogP contribution in [0.2, 0.25) is 0 Å². The number of nitrogens with zero attached hydrogens (tertiary/aromatic N) is 4. The van der Waals surface area contributed by atoms with Gasteiger partial charge in [-0.2, -0.15) is 18.2 Å². The molecule has 5 nitrogen and oxygen atoms in total. The summed E-state index contributed by atoms with van der Waals surface area (Å²) >= 11 is 0. The molecule has 0 spiro atoms. The molecule has 0 saturated carbocycles. The molecule has 0 radical (unpaired) electrons. The topological polar surface area (TPSA) is 35.9 Å². The summed E-state index contributed by atoms with van der Waals surface area (Å²) in [4.78, 5) is 4.90. The van der Waals surface area contributed by atoms with Crippen molar-refractivity contribution < 1.29 is 48.2 Å². The Morgan fingerprint density at radius 3 is 1.54 bits per heavy atom. The van der Waals surface area contributed by atoms with Gasteiger partial charge >= 0.3 is 0 Å². The molecular formula is C86H82N4OPt-2. The van der Waals surface area contributed by atoms with Gasteiger partial charge in [0.25, 0.3) is 6.33 Å². The van der Waals surface area contributed by atoms with Gasteiger partial charge in [-0.3, -0.25) is 4.57 Å². The minimum Gasteiger partial charge on any atom is -0.510 e. The first-order valence-corrected chi connectivity index (χ1v) is 31.0. The summed E-state index contributed by atoms with van der Waals surface area (Å²) in [5, 5.41) is 1.99. The van der Waals surface area contributed by atoms with Crippen molar-refractivity contribution in [2.75, 3.05) is 0 Å². The van der Waals surface area contributed by atoms with E-state index in [0.29, 0.717) is 39.5 Å². The fourth-order valence-corrected chi connectivity index (χ4v) is 11.7. The molecule has 3 aromatic heterocycles. The molecular weight excluding hydrogens is 1300 g/mol. The van der Waals surface area contributed by atoms with Gasteiger partial charge in [0.05, 0.1) is 34.5 Å². The molecule has 0 unspecified atom stereocenters. The number of rotatable bonds is 10. The standard InChI is InChI=1S/C86H82N4O.Pt/c1-82(2,3)64-40-41-87-80(52-64)90-76-35-23-22-32-74(76)75-38-37-71(54-78(75)90)91-70-31-24-30-69(53-70)88-55-89(77-39-36-58(49-79(77)88)61-45-65(83(4,5)6)50-66(46-61)84(7,8)9)81-72(33-25-34-73(81)63-47-67(85(10,11)12)51-68(48-63)86(13,14)15)62-43-59(56-26-18-16-19-27-56)42-60(44-62)57-28-20-17-21-29-57;/h16-52H,1-15H3;/q-2;/i16D,17D,18D,19D,20D,21D,26D,27D,28D,29D,42D,43D,44D;. The summed E-state index contributed by atoms with van der Waals surface area (Å²) in [6.45, 7) is 32.6. The van der Waals surface area contributed by atoms with E-state index in [1.165, 1.54) is 0 Å². The second-order valence-corrected chi connectivity index (χ2v) is 28.9. The molecule has 13 rings (SSSR count). The molecule has 0 atom stereocenters. The van der Waals surface area contributed by atoms with E-state index in [1.807, 2.05) is 76.0 Å². The number of fused-ring (bicyclic) bond motifs is 4. The Morgan fingerprint density at radius 2 is 0.957 bits per heavy atom. The maximum atomic E-state index is 10.5. The fourth-order valence-electron chi connectivity index (χ4n) is 11.7. The van der Waals surface area contributed by atoms with E-state index in [1.54, 1.807) is 12.1 Å². The molecule has 0 aliphatic rings. The molecule has 10 aromatic carbocycles. The summed E-state index contributed by atoms with van der Waals surface area (Å²) in [5.74, 6) is 1.51. The third-order valence-corrected chi connectivity index (χ3v) is 17.0. The van der Waals surface area contributed by atoms with Crippen molar-refractivity contribution in [3.05, 3.63) is 271 Å². The van der Waals surface area contributed by atoms with Gasteiger partial charge in [0.2, 0.25) is 0 Å². The van der Waals surface area contributed by atoms with E-state index in [0.717, 1.165) is 72.1 Å². The summed E-state index contributed by atoms with van der Waals surface area (Å²) in [7, 11) is 0. The van der Waals surface area contributed by atoms with Gasteiger partial charge in [-0.25, -0.2) is 4.98 Å². The Labute approximate surface area is 578 Å². The van der Waals surface area contributed by atoms with Gasteiger partial charge < -0.3 is 13.9 Å². The van der Waals surface area contributed by atoms with Crippen molar-refractivity contribution in [2.45, 2.75) is 131 Å². The number of imidazole rings is 1. The molecule has 0 fully saturated rings. The smallest absolute Gasteiger partial charge is 0.268 e. The summed E-state index contributed by atoms with van der Waals surface area (Å²) in [6, 6.07) is 44.6. The Morgan fingerprint density at radius 1 is 0.424 bits per heavy atom. The van der Waals surface area contributed by atoms with Crippen LogP contribution in [0.5, 0.6) is 11.5 Å². The molecule has 0 bridgehead atoms. The number of hydrogen-bond donors (Lipinski definition) is 0. The van der Waals surface area contributed by atoms with Crippen LogP contribution >= 0.6 is 0 Å². The number of pyridine rings is 1. The van der Waals surface area contributed by atoms with Crippen LogP contribution in [0.4, 0.5) is 0 Å². The van der Waals surface area contributed by atoms with E-state index < -0.39 is 101 Å². The Bertz CT molecular complexity index is 5520. The van der Waals surface area contributed by atoms with Crippen LogP contribution in [0.3, 0.4) is 0 Å². The number of para-hydroxylation sites is 2. The van der Waals surface area contributed by atoms with Gasteiger partial charge in [0.15, 0.2) is 0 Å². The van der Waals surface area contributed by atoms with Crippen molar-refractivity contribution in [3.8, 4) is 84.3 Å². The third kappa shape index (κ3) is 12.5. The van der Waals surface area contributed by atoms with Crippen LogP contribution < -0.4 is 9.30 Å². The first kappa shape index (κ1) is 48.8. The van der Waals surface area contributed by atoms with Gasteiger partial charge in [-0.15, -0.1) is 29.7 Å². The largest absolute Gasteiger partial charge is 0.510 e. The minimum absolute atomic E-state index is 0. The van der Waals surface area contributed by atoms with Gasteiger partial charge in [0.1, 0.15) is 5.82 Å². The van der Waals surface area contributed by atoms with Crippen molar-refractivity contribution >= 4 is 32.8 Å². The number of aromatic nitrogens is 4. The normalized spacial score (nSPS) is 14.4. The minimum atomic E-state index is -0.751. The first-order valence-electron chi connectivity index (χ1n) is 37.5. The van der Waals surface area contributed by atoms with Crippen LogP contribution in [0.25, 0.3) is 106 Å². The first-order chi connectivity index (χ1) is 48.6. The molecule has 464 valence electrons. The zero-order chi connectivity index (χ0) is 75.3. The van der Waals surface area contributed by atoms with Crippen LogP contribution in [-0.2, 0) is 48.1 Å². The van der Waals surface area contributed by atoms with Crippen molar-refractivity contribution in [1.29, 1.82) is 0 Å². The fraction of sp³-hybridized carbons (Fsp3) is 0.233. The summed E-state index contributed by atoms with van der Waals surface area (Å²) in [5.41, 5.74) is 8.84. The van der Waals surface area contributed by atoms with Gasteiger partial charge in [-0.05, 0) is 164 Å². The zero-order valence-corrected chi connectivity index (χ0v) is 57.1. The molecule has 0 aliphatic heterocycles. The Kier molecular flexibility index (Phi) is 12.7. The number of ether oxygens (including phenoxy) is 1. The van der Waals surface area contributed by atoms with E-state index >= 15 is 0 Å². The van der Waals surface area contributed by atoms with Crippen molar-refractivity contribution in [1.82, 2.24) is 14.1 Å². The van der Waals surface area contributed by atoms with Crippen molar-refractivity contribution in [2.24, 2.45) is 0 Å². The number of hydrogen-bond acceptors (Lipinski definition) is 2. The van der Waals surface area contributed by atoms with E-state index in [9.17, 15) is 9.60 Å². The number of benzene rings is 10. The third-order valence-electron chi connectivity index (χ3n) is 17.0. The Hall–Kier alpha value is -8.89. The molecule has 3 heterocycles. The maximum absolute atomic E-state index is 10.5. The monoisotopic (exact) mass is 1390 g/mol. The molecule has 13 aromatic rings. The predicted molar refractivity (Wildman–Crippen MR) is 381 cm³/mol. The van der Waals surface area contributed by atoms with Crippen LogP contribution in [-0.4, -0.2) is 14.1 Å². The van der Waals surface area contributed by atoms with E-state index in [2.05, 4.69) is 194 Å². The van der Waals surface area contributed by atoms with Crippen LogP contribution in [0.1, 0.15) is 149 Å². The van der Waals surface area contributed by atoms with Gasteiger partial charge in [0, 0.05) is 44.3 Å². The molecule has 6 heteroatoms. The quantitative estimate of drug-likeness (QED) is 0.101. The Balaban J connectivity index is 0.0000104. The SMILES string of the molecule is [2H]c1c([2H])c([2H])c(-c2c([2H])c(-c3cccc(-c4cc(C(C)(C)C)cc(C(C)(C)C)c4)c3-[n+]3[c-]n(-c4[c-]c(Oc5[c-]c6c(cc5)c5ccccc5n6-c5cc(C(C)(C)C)ccn5)ccc4)c4cc(-c5cc(C(C)(C)C)cc(C(C)(C)C)c5)ccc43)c([2H])c(-c3c([2H])c([2H])c([2H])c([2H])c3[2H])c2[2H])c([2H])c1[2H].[Pt]. The van der Waals surface area contributed by atoms with Crippen LogP contribution in [0, 0.1) is 18.5 Å². The molecule has 0 amide bonds. The second kappa shape index (κ2) is 24.0. The second-order valence-electron chi connectivity index (χ2n) is 28.9. The molecule has 0 N–H and O–H groups in total. The average Bonchev–Trinajstić information content (AvgIpc) is 1.42. The molecule has 0 aliphatic carbocycles. The summed E-state index contributed by atoms with van der Waals surface area (Å²) < 4.78 is 134. The summed E-state index contributed by atoms with van der Waals surface area (Å²) in [6.07, 6.45) is 5.62. The van der Waals surface area contributed by atoms with E-state index in [-0.39, 0.29) is 59.3 Å². The zero-order valence-electron chi connectivity index (χ0n) is 67.9. The average molecular weight is 1400 g/mol. The van der Waals surface area contributed by atoms with E-state index in [4.69, 9.17) is 17.9 Å². The molecule has 92 heavy (non-hydrogen) atoms.